The van der Waals surface area contributed by atoms with Crippen molar-refractivity contribution in [3.63, 3.8) is 0 Å². The van der Waals surface area contributed by atoms with E-state index in [2.05, 4.69) is 15.0 Å². The molecule has 2 aromatic heterocycles. The molecule has 3 aliphatic heterocycles. The number of rotatable bonds is 4. The third-order valence-corrected chi connectivity index (χ3v) is 6.57. The second-order valence-corrected chi connectivity index (χ2v) is 8.44. The maximum absolute atomic E-state index is 14.3. The molecule has 3 aliphatic rings. The van der Waals surface area contributed by atoms with Gasteiger partial charge in [0.15, 0.2) is 11.4 Å². The number of ether oxygens (including phenoxy) is 2. The Morgan fingerprint density at radius 2 is 1.78 bits per heavy atom. The van der Waals surface area contributed by atoms with Crippen molar-refractivity contribution in [2.75, 3.05) is 61.1 Å². The SMILES string of the molecule is COC1CN(c2nc(N3CCN(c4noc5ccccc45)CC3)nc3c2COC3)CC1F. The van der Waals surface area contributed by atoms with Crippen LogP contribution in [-0.2, 0) is 22.7 Å². The van der Waals surface area contributed by atoms with Crippen LogP contribution in [0.1, 0.15) is 11.3 Å². The zero-order chi connectivity index (χ0) is 21.7. The summed E-state index contributed by atoms with van der Waals surface area (Å²) in [5.74, 6) is 2.32. The van der Waals surface area contributed by atoms with Crippen LogP contribution >= 0.6 is 0 Å². The highest BCUT2D eigenvalue weighted by Gasteiger charge is 2.36. The summed E-state index contributed by atoms with van der Waals surface area (Å²) in [7, 11) is 1.55. The summed E-state index contributed by atoms with van der Waals surface area (Å²) in [5, 5.41) is 5.31. The minimum Gasteiger partial charge on any atom is -0.377 e. The number of methoxy groups -OCH3 is 1. The molecular formula is C22H25FN6O3. The zero-order valence-electron chi connectivity index (χ0n) is 17.9. The number of aromatic nitrogens is 3. The van der Waals surface area contributed by atoms with Crippen LogP contribution in [0.3, 0.4) is 0 Å². The van der Waals surface area contributed by atoms with E-state index < -0.39 is 12.3 Å². The molecular weight excluding hydrogens is 415 g/mol. The molecule has 0 bridgehead atoms. The van der Waals surface area contributed by atoms with Crippen molar-refractivity contribution in [1.29, 1.82) is 0 Å². The minimum absolute atomic E-state index is 0.272. The van der Waals surface area contributed by atoms with E-state index in [1.165, 1.54) is 0 Å². The van der Waals surface area contributed by atoms with Gasteiger partial charge in [0.1, 0.15) is 18.1 Å². The van der Waals surface area contributed by atoms with Gasteiger partial charge in [-0.2, -0.15) is 4.98 Å². The Hall–Kier alpha value is -2.98. The maximum Gasteiger partial charge on any atom is 0.227 e. The van der Waals surface area contributed by atoms with Crippen molar-refractivity contribution in [3.8, 4) is 0 Å². The third kappa shape index (κ3) is 3.25. The number of anilines is 3. The molecule has 2 saturated heterocycles. The lowest BCUT2D eigenvalue weighted by molar-refractivity contribution is 0.0650. The van der Waals surface area contributed by atoms with Gasteiger partial charge in [-0.15, -0.1) is 0 Å². The molecule has 10 heteroatoms. The fourth-order valence-corrected chi connectivity index (χ4v) is 4.77. The van der Waals surface area contributed by atoms with Crippen LogP contribution in [0, 0.1) is 0 Å². The molecule has 0 spiro atoms. The fraction of sp³-hybridized carbons (Fsp3) is 0.500. The Kier molecular flexibility index (Phi) is 4.83. The Bertz CT molecular complexity index is 1130. The Morgan fingerprint density at radius 1 is 0.969 bits per heavy atom. The highest BCUT2D eigenvalue weighted by atomic mass is 19.1. The fourth-order valence-electron chi connectivity index (χ4n) is 4.77. The highest BCUT2D eigenvalue weighted by molar-refractivity contribution is 5.88. The lowest BCUT2D eigenvalue weighted by Crippen LogP contribution is -2.47. The van der Waals surface area contributed by atoms with Gasteiger partial charge in [-0.25, -0.2) is 9.37 Å². The van der Waals surface area contributed by atoms with Gasteiger partial charge in [-0.05, 0) is 12.1 Å². The van der Waals surface area contributed by atoms with Crippen molar-refractivity contribution in [3.05, 3.63) is 35.5 Å². The van der Waals surface area contributed by atoms with Crippen LogP contribution in [0.5, 0.6) is 0 Å². The van der Waals surface area contributed by atoms with E-state index in [1.807, 2.05) is 29.2 Å². The quantitative estimate of drug-likeness (QED) is 0.606. The van der Waals surface area contributed by atoms with Gasteiger partial charge < -0.3 is 28.7 Å². The molecule has 0 N–H and O–H groups in total. The first-order chi connectivity index (χ1) is 15.7. The Labute approximate surface area is 184 Å². The smallest absolute Gasteiger partial charge is 0.227 e. The highest BCUT2D eigenvalue weighted by Crippen LogP contribution is 2.33. The lowest BCUT2D eigenvalue weighted by atomic mass is 10.2. The lowest BCUT2D eigenvalue weighted by Gasteiger charge is -2.35. The Morgan fingerprint density at radius 3 is 2.59 bits per heavy atom. The molecule has 2 fully saturated rings. The van der Waals surface area contributed by atoms with E-state index in [1.54, 1.807) is 7.11 Å². The molecule has 32 heavy (non-hydrogen) atoms. The first-order valence-electron chi connectivity index (χ1n) is 10.9. The summed E-state index contributed by atoms with van der Waals surface area (Å²) in [6.45, 7) is 4.75. The topological polar surface area (TPSA) is 80.0 Å². The molecule has 2 atom stereocenters. The van der Waals surface area contributed by atoms with Crippen LogP contribution < -0.4 is 14.7 Å². The average molecular weight is 440 g/mol. The van der Waals surface area contributed by atoms with Crippen LogP contribution in [0.4, 0.5) is 22.0 Å². The number of benzene rings is 1. The van der Waals surface area contributed by atoms with Crippen molar-refractivity contribution < 1.29 is 18.4 Å². The van der Waals surface area contributed by atoms with Gasteiger partial charge in [0.05, 0.1) is 30.8 Å². The third-order valence-electron chi connectivity index (χ3n) is 6.57. The van der Waals surface area contributed by atoms with Gasteiger partial charge in [-0.1, -0.05) is 17.3 Å². The molecule has 0 radical (unpaired) electrons. The van der Waals surface area contributed by atoms with Gasteiger partial charge >= 0.3 is 0 Å². The number of halogens is 1. The summed E-state index contributed by atoms with van der Waals surface area (Å²) >= 11 is 0. The number of hydrogen-bond acceptors (Lipinski definition) is 9. The monoisotopic (exact) mass is 440 g/mol. The molecule has 1 aromatic carbocycles. The van der Waals surface area contributed by atoms with E-state index in [0.29, 0.717) is 25.7 Å². The van der Waals surface area contributed by atoms with Gasteiger partial charge in [0, 0.05) is 45.4 Å². The molecule has 0 amide bonds. The second-order valence-electron chi connectivity index (χ2n) is 8.44. The summed E-state index contributed by atoms with van der Waals surface area (Å²) in [6.07, 6.45) is -1.47. The standard InChI is InChI=1S/C22H25FN6O3/c1-30-19-11-29(10-16(19)23)20-15-12-31-13-17(15)24-22(25-20)28-8-6-27(7-9-28)21-14-4-2-3-5-18(14)32-26-21/h2-5,16,19H,6-13H2,1H3. The first-order valence-corrected chi connectivity index (χ1v) is 10.9. The van der Waals surface area contributed by atoms with E-state index in [9.17, 15) is 4.39 Å². The molecule has 9 nitrogen and oxygen atoms in total. The van der Waals surface area contributed by atoms with Crippen LogP contribution in [0.15, 0.2) is 28.8 Å². The number of hydrogen-bond donors (Lipinski definition) is 0. The normalized spacial score (nSPS) is 23.4. The summed E-state index contributed by atoms with van der Waals surface area (Å²) in [5.41, 5.74) is 2.65. The molecule has 0 saturated carbocycles. The maximum atomic E-state index is 14.3. The predicted molar refractivity (Wildman–Crippen MR) is 117 cm³/mol. The van der Waals surface area contributed by atoms with Crippen LogP contribution in [-0.4, -0.2) is 73.8 Å². The summed E-state index contributed by atoms with van der Waals surface area (Å²) in [4.78, 5) is 16.0. The average Bonchev–Trinajstić information content (AvgIpc) is 3.56. The molecule has 3 aromatic rings. The first kappa shape index (κ1) is 19.7. The number of fused-ring (bicyclic) bond motifs is 2. The number of alkyl halides is 1. The number of nitrogens with zero attached hydrogens (tertiary/aromatic N) is 6. The molecule has 2 unspecified atom stereocenters. The van der Waals surface area contributed by atoms with Crippen molar-refractivity contribution in [1.82, 2.24) is 15.1 Å². The second kappa shape index (κ2) is 7.86. The van der Waals surface area contributed by atoms with Gasteiger partial charge in [-0.3, -0.25) is 0 Å². The van der Waals surface area contributed by atoms with E-state index in [0.717, 1.165) is 60.0 Å². The summed E-state index contributed by atoms with van der Waals surface area (Å²) in [6, 6.07) is 7.90. The summed E-state index contributed by atoms with van der Waals surface area (Å²) < 4.78 is 30.8. The predicted octanol–water partition coefficient (Wildman–Crippen LogP) is 2.15. The Balaban J connectivity index is 1.23. The molecule has 5 heterocycles. The van der Waals surface area contributed by atoms with Crippen LogP contribution in [0.2, 0.25) is 0 Å². The van der Waals surface area contributed by atoms with Gasteiger partial charge in [0.2, 0.25) is 5.95 Å². The number of para-hydroxylation sites is 1. The van der Waals surface area contributed by atoms with E-state index >= 15 is 0 Å². The van der Waals surface area contributed by atoms with Gasteiger partial charge in [0.25, 0.3) is 0 Å². The molecule has 0 aliphatic carbocycles. The van der Waals surface area contributed by atoms with E-state index in [4.69, 9.17) is 24.0 Å². The van der Waals surface area contributed by atoms with Crippen molar-refractivity contribution >= 4 is 28.6 Å². The largest absolute Gasteiger partial charge is 0.377 e. The molecule has 6 rings (SSSR count). The minimum atomic E-state index is -1.03. The van der Waals surface area contributed by atoms with Crippen molar-refractivity contribution in [2.24, 2.45) is 0 Å². The van der Waals surface area contributed by atoms with Crippen molar-refractivity contribution in [2.45, 2.75) is 25.5 Å². The zero-order valence-corrected chi connectivity index (χ0v) is 17.9. The molecule has 168 valence electrons. The number of piperazine rings is 1. The van der Waals surface area contributed by atoms with Crippen LogP contribution in [0.25, 0.3) is 11.0 Å². The van der Waals surface area contributed by atoms with E-state index in [-0.39, 0.29) is 6.54 Å².